The smallest absolute Gasteiger partial charge is 0.119 e. The lowest BCUT2D eigenvalue weighted by molar-refractivity contribution is 0.0210. The molecule has 1 atom stereocenters. The Morgan fingerprint density at radius 1 is 1.24 bits per heavy atom. The van der Waals surface area contributed by atoms with E-state index in [2.05, 4.69) is 0 Å². The molecule has 1 aromatic rings. The van der Waals surface area contributed by atoms with Crippen LogP contribution in [0.2, 0.25) is 0 Å². The average Bonchev–Trinajstić information content (AvgIpc) is 2.26. The van der Waals surface area contributed by atoms with Gasteiger partial charge in [0, 0.05) is 20.1 Å². The van der Waals surface area contributed by atoms with E-state index in [4.69, 9.17) is 9.47 Å². The van der Waals surface area contributed by atoms with E-state index in [9.17, 15) is 5.11 Å². The van der Waals surface area contributed by atoms with Crippen LogP contribution < -0.4 is 4.74 Å². The van der Waals surface area contributed by atoms with Crippen molar-refractivity contribution in [3.8, 4) is 5.75 Å². The van der Waals surface area contributed by atoms with Crippen LogP contribution in [-0.4, -0.2) is 24.9 Å². The molecule has 0 saturated heterocycles. The van der Waals surface area contributed by atoms with Crippen LogP contribution >= 0.6 is 0 Å². The Kier molecular flexibility index (Phi) is 4.97. The van der Waals surface area contributed by atoms with Gasteiger partial charge in [-0.25, -0.2) is 0 Å². The van der Waals surface area contributed by atoms with Crippen molar-refractivity contribution in [3.05, 3.63) is 29.8 Å². The number of methoxy groups -OCH3 is 1. The van der Waals surface area contributed by atoms with Crippen molar-refractivity contribution in [1.29, 1.82) is 0 Å². The predicted octanol–water partition coefficient (Wildman–Crippen LogP) is 2.72. The highest BCUT2D eigenvalue weighted by molar-refractivity contribution is 5.30. The van der Waals surface area contributed by atoms with E-state index in [-0.39, 0.29) is 6.10 Å². The maximum absolute atomic E-state index is 10.3. The van der Waals surface area contributed by atoms with Gasteiger partial charge in [0.05, 0.1) is 11.7 Å². The summed E-state index contributed by atoms with van der Waals surface area (Å²) in [6.07, 6.45) is 0.739. The van der Waals surface area contributed by atoms with Crippen LogP contribution in [0.4, 0.5) is 0 Å². The molecule has 3 nitrogen and oxygen atoms in total. The van der Waals surface area contributed by atoms with E-state index in [1.165, 1.54) is 0 Å². The van der Waals surface area contributed by atoms with E-state index in [1.54, 1.807) is 14.0 Å². The molecular weight excluding hydrogens is 216 g/mol. The molecular formula is C14H22O3. The van der Waals surface area contributed by atoms with Gasteiger partial charge in [-0.15, -0.1) is 0 Å². The molecule has 1 aromatic carbocycles. The van der Waals surface area contributed by atoms with Gasteiger partial charge < -0.3 is 14.6 Å². The highest BCUT2D eigenvalue weighted by Gasteiger charge is 2.22. The zero-order valence-electron chi connectivity index (χ0n) is 11.1. The zero-order chi connectivity index (χ0) is 12.9. The number of benzene rings is 1. The molecule has 1 N–H and O–H groups in total. The zero-order valence-corrected chi connectivity index (χ0v) is 11.1. The van der Waals surface area contributed by atoms with Crippen molar-refractivity contribution < 1.29 is 14.6 Å². The second-order valence-corrected chi connectivity index (χ2v) is 4.71. The Hall–Kier alpha value is -1.06. The Bertz CT molecular complexity index is 328. The minimum atomic E-state index is -0.855. The maximum atomic E-state index is 10.3. The Morgan fingerprint density at radius 2 is 1.82 bits per heavy atom. The third-order valence-corrected chi connectivity index (χ3v) is 2.64. The van der Waals surface area contributed by atoms with Gasteiger partial charge in [-0.05, 0) is 38.5 Å². The topological polar surface area (TPSA) is 38.7 Å². The molecule has 0 aliphatic rings. The minimum Gasteiger partial charge on any atom is -0.491 e. The number of rotatable bonds is 6. The normalized spacial score (nSPS) is 14.7. The van der Waals surface area contributed by atoms with Crippen molar-refractivity contribution in [2.75, 3.05) is 13.7 Å². The van der Waals surface area contributed by atoms with Gasteiger partial charge in [0.25, 0.3) is 0 Å². The number of hydrogen-bond acceptors (Lipinski definition) is 3. The van der Waals surface area contributed by atoms with E-state index in [1.807, 2.05) is 38.1 Å². The first-order chi connectivity index (χ1) is 7.95. The maximum Gasteiger partial charge on any atom is 0.119 e. The highest BCUT2D eigenvalue weighted by atomic mass is 16.5. The molecule has 0 aliphatic carbocycles. The molecule has 96 valence electrons. The molecule has 0 bridgehead atoms. The van der Waals surface area contributed by atoms with Crippen LogP contribution in [0.1, 0.15) is 32.8 Å². The summed E-state index contributed by atoms with van der Waals surface area (Å²) in [5.41, 5.74) is 0.0254. The third-order valence-electron chi connectivity index (χ3n) is 2.64. The van der Waals surface area contributed by atoms with Gasteiger partial charge in [0.1, 0.15) is 5.75 Å². The van der Waals surface area contributed by atoms with Gasteiger partial charge in [0.15, 0.2) is 0 Å². The summed E-state index contributed by atoms with van der Waals surface area (Å²) in [4.78, 5) is 0. The minimum absolute atomic E-state index is 0.162. The third kappa shape index (κ3) is 4.36. The second kappa shape index (κ2) is 6.03. The fraction of sp³-hybridized carbons (Fsp3) is 0.571. The molecule has 0 amide bonds. The van der Waals surface area contributed by atoms with Gasteiger partial charge in [-0.1, -0.05) is 12.1 Å². The fourth-order valence-electron chi connectivity index (χ4n) is 1.61. The molecule has 0 aromatic heterocycles. The second-order valence-electron chi connectivity index (χ2n) is 4.71. The Morgan fingerprint density at radius 3 is 2.29 bits per heavy atom. The molecule has 1 rings (SSSR count). The van der Waals surface area contributed by atoms with Crippen molar-refractivity contribution in [2.24, 2.45) is 0 Å². The lowest BCUT2D eigenvalue weighted by Crippen LogP contribution is -2.23. The summed E-state index contributed by atoms with van der Waals surface area (Å²) >= 11 is 0. The number of hydrogen-bond donors (Lipinski definition) is 1. The highest BCUT2D eigenvalue weighted by Crippen LogP contribution is 2.26. The van der Waals surface area contributed by atoms with Crippen molar-refractivity contribution in [3.63, 3.8) is 0 Å². The Labute approximate surface area is 103 Å². The van der Waals surface area contributed by atoms with Crippen molar-refractivity contribution in [2.45, 2.75) is 38.9 Å². The standard InChI is InChI=1S/C14H22O3/c1-11(2)17-13-7-5-12(6-8-13)14(3,15)9-10-16-4/h5-8,11,15H,9-10H2,1-4H3. The number of ether oxygens (including phenoxy) is 2. The van der Waals surface area contributed by atoms with Crippen LogP contribution in [0.15, 0.2) is 24.3 Å². The first-order valence-corrected chi connectivity index (χ1v) is 5.94. The summed E-state index contributed by atoms with van der Waals surface area (Å²) in [5.74, 6) is 0.825. The van der Waals surface area contributed by atoms with E-state index < -0.39 is 5.60 Å². The summed E-state index contributed by atoms with van der Waals surface area (Å²) in [6.45, 7) is 6.31. The summed E-state index contributed by atoms with van der Waals surface area (Å²) in [5, 5.41) is 10.3. The first-order valence-electron chi connectivity index (χ1n) is 5.94. The molecule has 0 aliphatic heterocycles. The van der Waals surface area contributed by atoms with Crippen LogP contribution in [0.5, 0.6) is 5.75 Å². The van der Waals surface area contributed by atoms with Crippen molar-refractivity contribution >= 4 is 0 Å². The molecule has 17 heavy (non-hydrogen) atoms. The van der Waals surface area contributed by atoms with Gasteiger partial charge >= 0.3 is 0 Å². The summed E-state index contributed by atoms with van der Waals surface area (Å²) < 4.78 is 10.5. The molecule has 1 unspecified atom stereocenters. The molecule has 0 saturated carbocycles. The van der Waals surface area contributed by atoms with Gasteiger partial charge in [-0.3, -0.25) is 0 Å². The fourth-order valence-corrected chi connectivity index (χ4v) is 1.61. The van der Waals surface area contributed by atoms with Crippen LogP contribution in [0, 0.1) is 0 Å². The monoisotopic (exact) mass is 238 g/mol. The molecule has 3 heteroatoms. The lowest BCUT2D eigenvalue weighted by atomic mass is 9.93. The summed E-state index contributed by atoms with van der Waals surface area (Å²) in [7, 11) is 1.63. The number of aliphatic hydroxyl groups is 1. The van der Waals surface area contributed by atoms with E-state index in [0.29, 0.717) is 13.0 Å². The molecule has 0 heterocycles. The van der Waals surface area contributed by atoms with Crippen LogP contribution in [0.25, 0.3) is 0 Å². The average molecular weight is 238 g/mol. The largest absolute Gasteiger partial charge is 0.491 e. The van der Waals surface area contributed by atoms with E-state index >= 15 is 0 Å². The van der Waals surface area contributed by atoms with Gasteiger partial charge in [-0.2, -0.15) is 0 Å². The van der Waals surface area contributed by atoms with Crippen LogP contribution in [-0.2, 0) is 10.3 Å². The molecule has 0 fully saturated rings. The van der Waals surface area contributed by atoms with Crippen LogP contribution in [0.3, 0.4) is 0 Å². The predicted molar refractivity (Wildman–Crippen MR) is 68.3 cm³/mol. The van der Waals surface area contributed by atoms with Crippen molar-refractivity contribution in [1.82, 2.24) is 0 Å². The Balaban J connectivity index is 2.72. The summed E-state index contributed by atoms with van der Waals surface area (Å²) in [6, 6.07) is 7.56. The van der Waals surface area contributed by atoms with E-state index in [0.717, 1.165) is 11.3 Å². The first kappa shape index (κ1) is 14.0. The lowest BCUT2D eigenvalue weighted by Gasteiger charge is -2.23. The SMILES string of the molecule is COCCC(C)(O)c1ccc(OC(C)C)cc1. The molecule has 0 spiro atoms. The molecule has 0 radical (unpaired) electrons. The van der Waals surface area contributed by atoms with Gasteiger partial charge in [0.2, 0.25) is 0 Å². The quantitative estimate of drug-likeness (QED) is 0.828.